The van der Waals surface area contributed by atoms with Crippen LogP contribution in [0.5, 0.6) is 5.88 Å². The van der Waals surface area contributed by atoms with Gasteiger partial charge >= 0.3 is 6.61 Å². The molecule has 66 valence electrons. The molecule has 0 saturated carbocycles. The zero-order chi connectivity index (χ0) is 9.14. The minimum absolute atomic E-state index is 0.204. The molecule has 12 heavy (non-hydrogen) atoms. The van der Waals surface area contributed by atoms with Gasteiger partial charge in [0.1, 0.15) is 4.60 Å². The first-order chi connectivity index (χ1) is 5.58. The Morgan fingerprint density at radius 3 is 2.67 bits per heavy atom. The molecular formula is C6H3BrClF2NO. The largest absolute Gasteiger partial charge is 0.417 e. The lowest BCUT2D eigenvalue weighted by molar-refractivity contribution is -0.0529. The predicted octanol–water partition coefficient (Wildman–Crippen LogP) is 3.10. The van der Waals surface area contributed by atoms with Crippen molar-refractivity contribution in [3.8, 4) is 5.88 Å². The molecular weight excluding hydrogens is 255 g/mol. The molecule has 0 unspecified atom stereocenters. The maximum atomic E-state index is 11.7. The molecule has 0 N–H and O–H groups in total. The van der Waals surface area contributed by atoms with Crippen LogP contribution in [0.1, 0.15) is 0 Å². The molecule has 6 heteroatoms. The van der Waals surface area contributed by atoms with Crippen LogP contribution in [0.2, 0.25) is 5.02 Å². The van der Waals surface area contributed by atoms with Gasteiger partial charge in [0.25, 0.3) is 0 Å². The molecule has 0 fully saturated rings. The normalized spacial score (nSPS) is 10.4. The van der Waals surface area contributed by atoms with Gasteiger partial charge in [0.15, 0.2) is 0 Å². The van der Waals surface area contributed by atoms with Crippen LogP contribution in [-0.2, 0) is 0 Å². The van der Waals surface area contributed by atoms with Gasteiger partial charge in [-0.25, -0.2) is 4.98 Å². The minimum Gasteiger partial charge on any atom is -0.417 e. The number of ether oxygens (including phenoxy) is 1. The lowest BCUT2D eigenvalue weighted by Crippen LogP contribution is -2.03. The number of nitrogens with zero attached hydrogens (tertiary/aromatic N) is 1. The number of hydrogen-bond acceptors (Lipinski definition) is 2. The van der Waals surface area contributed by atoms with E-state index in [-0.39, 0.29) is 10.9 Å². The van der Waals surface area contributed by atoms with Crippen LogP contribution in [0.25, 0.3) is 0 Å². The zero-order valence-electron chi connectivity index (χ0n) is 5.60. The Balaban J connectivity index is 2.85. The molecule has 1 rings (SSSR count). The molecule has 0 atom stereocenters. The Labute approximate surface area is 80.6 Å². The van der Waals surface area contributed by atoms with Crippen LogP contribution in [-0.4, -0.2) is 11.6 Å². The van der Waals surface area contributed by atoms with Gasteiger partial charge in [-0.2, -0.15) is 8.78 Å². The Morgan fingerprint density at radius 1 is 1.50 bits per heavy atom. The highest BCUT2D eigenvalue weighted by Crippen LogP contribution is 2.21. The van der Waals surface area contributed by atoms with E-state index in [1.54, 1.807) is 0 Å². The molecule has 0 aliphatic carbocycles. The highest BCUT2D eigenvalue weighted by atomic mass is 79.9. The van der Waals surface area contributed by atoms with Crippen molar-refractivity contribution in [2.45, 2.75) is 6.61 Å². The lowest BCUT2D eigenvalue weighted by Gasteiger charge is -2.03. The highest BCUT2D eigenvalue weighted by Gasteiger charge is 2.06. The summed E-state index contributed by atoms with van der Waals surface area (Å²) in [6.07, 6.45) is 0. The van der Waals surface area contributed by atoms with Gasteiger partial charge < -0.3 is 4.74 Å². The van der Waals surface area contributed by atoms with E-state index in [1.165, 1.54) is 12.1 Å². The van der Waals surface area contributed by atoms with Crippen molar-refractivity contribution in [3.63, 3.8) is 0 Å². The van der Waals surface area contributed by atoms with E-state index in [1.807, 2.05) is 0 Å². The van der Waals surface area contributed by atoms with Crippen molar-refractivity contribution in [1.82, 2.24) is 4.98 Å². The number of aromatic nitrogens is 1. The van der Waals surface area contributed by atoms with E-state index < -0.39 is 6.61 Å². The molecule has 0 bridgehead atoms. The predicted molar refractivity (Wildman–Crippen MR) is 43.6 cm³/mol. The van der Waals surface area contributed by atoms with E-state index in [9.17, 15) is 8.78 Å². The summed E-state index contributed by atoms with van der Waals surface area (Å²) >= 11 is 8.52. The number of alkyl halides is 2. The maximum absolute atomic E-state index is 11.7. The summed E-state index contributed by atoms with van der Waals surface area (Å²) in [6.45, 7) is -2.89. The fourth-order valence-electron chi connectivity index (χ4n) is 0.595. The summed E-state index contributed by atoms with van der Waals surface area (Å²) in [5.74, 6) is -0.204. The Kier molecular flexibility index (Phi) is 3.22. The molecule has 1 aromatic rings. The van der Waals surface area contributed by atoms with Crippen LogP contribution in [0.3, 0.4) is 0 Å². The molecule has 1 heterocycles. The monoisotopic (exact) mass is 257 g/mol. The third-order valence-corrected chi connectivity index (χ3v) is 1.57. The Morgan fingerprint density at radius 2 is 2.17 bits per heavy atom. The van der Waals surface area contributed by atoms with Gasteiger partial charge in [0, 0.05) is 11.1 Å². The second kappa shape index (κ2) is 4.00. The number of hydrogen-bond donors (Lipinski definition) is 0. The van der Waals surface area contributed by atoms with E-state index >= 15 is 0 Å². The average Bonchev–Trinajstić information content (AvgIpc) is 1.81. The van der Waals surface area contributed by atoms with Crippen molar-refractivity contribution in [2.24, 2.45) is 0 Å². The molecule has 1 aromatic heterocycles. The van der Waals surface area contributed by atoms with E-state index in [2.05, 4.69) is 25.7 Å². The van der Waals surface area contributed by atoms with Gasteiger partial charge in [0.05, 0.1) is 0 Å². The quantitative estimate of drug-likeness (QED) is 0.761. The molecule has 0 aromatic carbocycles. The second-order valence-corrected chi connectivity index (χ2v) is 3.07. The van der Waals surface area contributed by atoms with Gasteiger partial charge in [-0.05, 0) is 22.0 Å². The van der Waals surface area contributed by atoms with Gasteiger partial charge in [-0.3, -0.25) is 0 Å². The van der Waals surface area contributed by atoms with Crippen molar-refractivity contribution in [1.29, 1.82) is 0 Å². The van der Waals surface area contributed by atoms with Gasteiger partial charge in [-0.1, -0.05) is 11.6 Å². The number of rotatable bonds is 2. The number of pyridine rings is 1. The molecule has 2 nitrogen and oxygen atoms in total. The average molecular weight is 258 g/mol. The Bertz CT molecular complexity index is 264. The van der Waals surface area contributed by atoms with Crippen molar-refractivity contribution < 1.29 is 13.5 Å². The molecule has 0 radical (unpaired) electrons. The second-order valence-electron chi connectivity index (χ2n) is 1.82. The maximum Gasteiger partial charge on any atom is 0.388 e. The molecule has 0 aliphatic rings. The standard InChI is InChI=1S/C6H3BrClF2NO/c7-4-1-3(8)2-5(11-4)12-6(9)10/h1-2,6H. The van der Waals surface area contributed by atoms with E-state index in [0.29, 0.717) is 4.60 Å². The topological polar surface area (TPSA) is 22.1 Å². The Hall–Kier alpha value is -0.420. The zero-order valence-corrected chi connectivity index (χ0v) is 7.94. The lowest BCUT2D eigenvalue weighted by atomic mass is 10.5. The summed E-state index contributed by atoms with van der Waals surface area (Å²) in [6, 6.07) is 2.68. The first-order valence-electron chi connectivity index (χ1n) is 2.86. The number of halogens is 4. The minimum atomic E-state index is -2.89. The highest BCUT2D eigenvalue weighted by molar-refractivity contribution is 9.10. The molecule has 0 aliphatic heterocycles. The van der Waals surface area contributed by atoms with Crippen LogP contribution in [0.4, 0.5) is 8.78 Å². The van der Waals surface area contributed by atoms with Crippen LogP contribution < -0.4 is 4.74 Å². The van der Waals surface area contributed by atoms with Crippen LogP contribution in [0.15, 0.2) is 16.7 Å². The SMILES string of the molecule is FC(F)Oc1cc(Cl)cc(Br)n1. The summed E-state index contributed by atoms with van der Waals surface area (Å²) in [5, 5.41) is 0.285. The fraction of sp³-hybridized carbons (Fsp3) is 0.167. The smallest absolute Gasteiger partial charge is 0.388 e. The van der Waals surface area contributed by atoms with Crippen LogP contribution >= 0.6 is 27.5 Å². The van der Waals surface area contributed by atoms with Crippen molar-refractivity contribution in [2.75, 3.05) is 0 Å². The van der Waals surface area contributed by atoms with Crippen molar-refractivity contribution in [3.05, 3.63) is 21.8 Å². The van der Waals surface area contributed by atoms with Crippen LogP contribution in [0, 0.1) is 0 Å². The summed E-state index contributed by atoms with van der Waals surface area (Å²) in [5.41, 5.74) is 0. The summed E-state index contributed by atoms with van der Waals surface area (Å²) in [7, 11) is 0. The van der Waals surface area contributed by atoms with Gasteiger partial charge in [0.2, 0.25) is 5.88 Å². The van der Waals surface area contributed by atoms with Gasteiger partial charge in [-0.15, -0.1) is 0 Å². The van der Waals surface area contributed by atoms with Crippen molar-refractivity contribution >= 4 is 27.5 Å². The molecule has 0 amide bonds. The van der Waals surface area contributed by atoms with E-state index in [4.69, 9.17) is 11.6 Å². The first kappa shape index (κ1) is 9.67. The fourth-order valence-corrected chi connectivity index (χ4v) is 1.34. The third kappa shape index (κ3) is 2.91. The summed E-state index contributed by atoms with van der Waals surface area (Å²) in [4.78, 5) is 3.60. The molecule has 0 saturated heterocycles. The first-order valence-corrected chi connectivity index (χ1v) is 4.03. The summed E-state index contributed by atoms with van der Waals surface area (Å²) < 4.78 is 27.7. The van der Waals surface area contributed by atoms with E-state index in [0.717, 1.165) is 0 Å². The third-order valence-electron chi connectivity index (χ3n) is 0.945. The molecule has 0 spiro atoms.